The summed E-state index contributed by atoms with van der Waals surface area (Å²) in [6, 6.07) is 7.58. The van der Waals surface area contributed by atoms with Gasteiger partial charge in [-0.1, -0.05) is 11.3 Å². The number of rotatable bonds is 4. The molecule has 8 heteroatoms. The molecule has 0 spiro atoms. The largest absolute Gasteiger partial charge is 0.497 e. The fourth-order valence-corrected chi connectivity index (χ4v) is 3.99. The maximum Gasteiger partial charge on any atom is 0.274 e. The standard InChI is InChI=1S/C18H20N4O3S/c1-21-15(5-8-19-21)17(23)22-9-6-12(7-10-22)25-18-20-14-11-13(24-2)3-4-16(14)26-18/h3-5,8,11-12H,6-7,9-10H2,1-2H3. The Morgan fingerprint density at radius 1 is 1.27 bits per heavy atom. The molecule has 0 unspecified atom stereocenters. The lowest BCUT2D eigenvalue weighted by atomic mass is 10.1. The van der Waals surface area contributed by atoms with Crippen molar-refractivity contribution in [3.8, 4) is 10.9 Å². The highest BCUT2D eigenvalue weighted by atomic mass is 32.1. The first-order valence-electron chi connectivity index (χ1n) is 8.52. The Labute approximate surface area is 155 Å². The van der Waals surface area contributed by atoms with E-state index >= 15 is 0 Å². The lowest BCUT2D eigenvalue weighted by Gasteiger charge is -2.31. The molecule has 3 aromatic rings. The third-order valence-corrected chi connectivity index (χ3v) is 5.54. The quantitative estimate of drug-likeness (QED) is 0.704. The van der Waals surface area contributed by atoms with Crippen LogP contribution in [0.15, 0.2) is 30.5 Å². The third-order valence-electron chi connectivity index (χ3n) is 4.61. The van der Waals surface area contributed by atoms with Crippen LogP contribution in [0.4, 0.5) is 0 Å². The van der Waals surface area contributed by atoms with Gasteiger partial charge in [0.05, 0.1) is 17.3 Å². The molecule has 1 aliphatic heterocycles. The van der Waals surface area contributed by atoms with Crippen molar-refractivity contribution in [3.05, 3.63) is 36.2 Å². The number of aromatic nitrogens is 3. The van der Waals surface area contributed by atoms with E-state index in [0.717, 1.165) is 28.8 Å². The maximum atomic E-state index is 12.5. The van der Waals surface area contributed by atoms with Crippen molar-refractivity contribution in [2.24, 2.45) is 7.05 Å². The minimum absolute atomic E-state index is 0.0236. The molecule has 2 aromatic heterocycles. The molecule has 1 amide bonds. The molecule has 0 radical (unpaired) electrons. The zero-order valence-corrected chi connectivity index (χ0v) is 15.5. The van der Waals surface area contributed by atoms with Crippen molar-refractivity contribution in [3.63, 3.8) is 0 Å². The van der Waals surface area contributed by atoms with Gasteiger partial charge in [0.2, 0.25) is 0 Å². The van der Waals surface area contributed by atoms with Gasteiger partial charge in [-0.2, -0.15) is 5.10 Å². The zero-order chi connectivity index (χ0) is 18.1. The Morgan fingerprint density at radius 2 is 2.08 bits per heavy atom. The molecule has 0 saturated carbocycles. The van der Waals surface area contributed by atoms with Crippen LogP contribution in [0.25, 0.3) is 10.2 Å². The van der Waals surface area contributed by atoms with E-state index in [9.17, 15) is 4.79 Å². The summed E-state index contributed by atoms with van der Waals surface area (Å²) in [5.41, 5.74) is 1.50. The molecule has 0 bridgehead atoms. The van der Waals surface area contributed by atoms with Crippen molar-refractivity contribution in [2.45, 2.75) is 18.9 Å². The van der Waals surface area contributed by atoms with E-state index < -0.39 is 0 Å². The van der Waals surface area contributed by atoms with Gasteiger partial charge in [-0.3, -0.25) is 9.48 Å². The predicted octanol–water partition coefficient (Wildman–Crippen LogP) is 2.72. The normalized spacial score (nSPS) is 15.4. The first-order valence-corrected chi connectivity index (χ1v) is 9.34. The molecule has 3 heterocycles. The first-order chi connectivity index (χ1) is 12.6. The molecule has 7 nitrogen and oxygen atoms in total. The molecule has 1 aliphatic rings. The second-order valence-electron chi connectivity index (χ2n) is 6.26. The number of benzene rings is 1. The highest BCUT2D eigenvalue weighted by Crippen LogP contribution is 2.32. The van der Waals surface area contributed by atoms with Crippen LogP contribution >= 0.6 is 11.3 Å². The van der Waals surface area contributed by atoms with Crippen molar-refractivity contribution in [1.82, 2.24) is 19.7 Å². The average Bonchev–Trinajstić information content (AvgIpc) is 3.26. The van der Waals surface area contributed by atoms with Crippen LogP contribution in [0.1, 0.15) is 23.3 Å². The van der Waals surface area contributed by atoms with Gasteiger partial charge in [0.25, 0.3) is 11.1 Å². The Balaban J connectivity index is 1.38. The summed E-state index contributed by atoms with van der Waals surface area (Å²) in [4.78, 5) is 18.9. The van der Waals surface area contributed by atoms with Crippen LogP contribution in [-0.2, 0) is 7.05 Å². The van der Waals surface area contributed by atoms with Crippen LogP contribution in [0.3, 0.4) is 0 Å². The maximum absolute atomic E-state index is 12.5. The Bertz CT molecular complexity index is 928. The lowest BCUT2D eigenvalue weighted by Crippen LogP contribution is -2.42. The van der Waals surface area contributed by atoms with E-state index in [1.165, 1.54) is 11.3 Å². The molecule has 136 valence electrons. The number of methoxy groups -OCH3 is 1. The summed E-state index contributed by atoms with van der Waals surface area (Å²) < 4.78 is 14.0. The number of nitrogens with zero attached hydrogens (tertiary/aromatic N) is 4. The second-order valence-corrected chi connectivity index (χ2v) is 7.26. The highest BCUT2D eigenvalue weighted by Gasteiger charge is 2.26. The highest BCUT2D eigenvalue weighted by molar-refractivity contribution is 7.20. The fourth-order valence-electron chi connectivity index (χ4n) is 3.13. The van der Waals surface area contributed by atoms with Gasteiger partial charge in [-0.05, 0) is 18.2 Å². The van der Waals surface area contributed by atoms with Crippen LogP contribution in [-0.4, -0.2) is 51.9 Å². The van der Waals surface area contributed by atoms with E-state index in [1.54, 1.807) is 31.1 Å². The number of carbonyl (C=O) groups is 1. The lowest BCUT2D eigenvalue weighted by molar-refractivity contribution is 0.0585. The van der Waals surface area contributed by atoms with Crippen molar-refractivity contribution < 1.29 is 14.3 Å². The Morgan fingerprint density at radius 3 is 2.77 bits per heavy atom. The van der Waals surface area contributed by atoms with E-state index in [-0.39, 0.29) is 12.0 Å². The van der Waals surface area contributed by atoms with Crippen molar-refractivity contribution in [1.29, 1.82) is 0 Å². The van der Waals surface area contributed by atoms with Crippen molar-refractivity contribution >= 4 is 27.5 Å². The number of hydrogen-bond acceptors (Lipinski definition) is 6. The minimum Gasteiger partial charge on any atom is -0.497 e. The smallest absolute Gasteiger partial charge is 0.274 e. The summed E-state index contributed by atoms with van der Waals surface area (Å²) in [6.07, 6.45) is 3.31. The number of aryl methyl sites for hydroxylation is 1. The van der Waals surface area contributed by atoms with Crippen LogP contribution in [0, 0.1) is 0 Å². The van der Waals surface area contributed by atoms with Gasteiger partial charge in [0.1, 0.15) is 17.5 Å². The molecule has 1 aromatic carbocycles. The van der Waals surface area contributed by atoms with E-state index in [0.29, 0.717) is 24.0 Å². The number of likely N-dealkylation sites (tertiary alicyclic amines) is 1. The van der Waals surface area contributed by atoms with E-state index in [2.05, 4.69) is 10.1 Å². The van der Waals surface area contributed by atoms with Gasteiger partial charge in [0.15, 0.2) is 0 Å². The molecular formula is C18H20N4O3S. The van der Waals surface area contributed by atoms with E-state index in [4.69, 9.17) is 9.47 Å². The number of piperidine rings is 1. The molecule has 0 atom stereocenters. The zero-order valence-electron chi connectivity index (χ0n) is 14.7. The van der Waals surface area contributed by atoms with Gasteiger partial charge < -0.3 is 14.4 Å². The van der Waals surface area contributed by atoms with Gasteiger partial charge >= 0.3 is 0 Å². The Hall–Kier alpha value is -2.61. The minimum atomic E-state index is 0.0236. The van der Waals surface area contributed by atoms with E-state index in [1.807, 2.05) is 23.1 Å². The summed E-state index contributed by atoms with van der Waals surface area (Å²) in [5.74, 6) is 0.812. The molecule has 1 saturated heterocycles. The molecule has 4 rings (SSSR count). The average molecular weight is 372 g/mol. The number of carbonyl (C=O) groups excluding carboxylic acids is 1. The molecule has 0 N–H and O–H groups in total. The number of hydrogen-bond donors (Lipinski definition) is 0. The number of amides is 1. The number of thiazole rings is 1. The molecular weight excluding hydrogens is 352 g/mol. The van der Waals surface area contributed by atoms with Crippen LogP contribution < -0.4 is 9.47 Å². The monoisotopic (exact) mass is 372 g/mol. The first kappa shape index (κ1) is 16.8. The molecule has 1 fully saturated rings. The van der Waals surface area contributed by atoms with Gasteiger partial charge in [0, 0.05) is 45.2 Å². The summed E-state index contributed by atoms with van der Waals surface area (Å²) in [7, 11) is 3.43. The fraction of sp³-hybridized carbons (Fsp3) is 0.389. The number of ether oxygens (including phenoxy) is 2. The van der Waals surface area contributed by atoms with Gasteiger partial charge in [-0.15, -0.1) is 0 Å². The SMILES string of the molecule is COc1ccc2sc(OC3CCN(C(=O)c4ccnn4C)CC3)nc2c1. The van der Waals surface area contributed by atoms with Crippen LogP contribution in [0.2, 0.25) is 0 Å². The Kier molecular flexibility index (Phi) is 4.50. The van der Waals surface area contributed by atoms with Crippen LogP contribution in [0.5, 0.6) is 10.9 Å². The van der Waals surface area contributed by atoms with Gasteiger partial charge in [-0.25, -0.2) is 4.98 Å². The molecule has 26 heavy (non-hydrogen) atoms. The predicted molar refractivity (Wildman–Crippen MR) is 98.9 cm³/mol. The molecule has 0 aliphatic carbocycles. The number of fused-ring (bicyclic) bond motifs is 1. The summed E-state index contributed by atoms with van der Waals surface area (Å²) in [6.45, 7) is 1.35. The summed E-state index contributed by atoms with van der Waals surface area (Å²) in [5, 5.41) is 4.74. The van der Waals surface area contributed by atoms with Crippen molar-refractivity contribution in [2.75, 3.05) is 20.2 Å². The summed E-state index contributed by atoms with van der Waals surface area (Å²) >= 11 is 1.54. The second kappa shape index (κ2) is 6.95. The topological polar surface area (TPSA) is 69.5 Å². The third kappa shape index (κ3) is 3.24.